The first-order valence-corrected chi connectivity index (χ1v) is 12.0. The number of carbonyl (C=O) groups is 2. The number of hydrogen-bond acceptors (Lipinski definition) is 4. The summed E-state index contributed by atoms with van der Waals surface area (Å²) in [6.07, 6.45) is 0. The Morgan fingerprint density at radius 3 is 2.52 bits per heavy atom. The van der Waals surface area contributed by atoms with Crippen LogP contribution >= 0.6 is 50.1 Å². The Labute approximate surface area is 217 Å². The smallest absolute Gasteiger partial charge is 0.338 e. The van der Waals surface area contributed by atoms with Crippen LogP contribution in [0.15, 0.2) is 53.0 Å². The molecule has 1 atom stereocenters. The van der Waals surface area contributed by atoms with Gasteiger partial charge >= 0.3 is 5.97 Å². The summed E-state index contributed by atoms with van der Waals surface area (Å²) in [5.41, 5.74) is 2.57. The third-order valence-corrected chi connectivity index (χ3v) is 7.60. The molecular weight excluding hydrogens is 628 g/mol. The molecule has 1 unspecified atom stereocenters. The Kier molecular flexibility index (Phi) is 6.97. The number of ether oxygens (including phenoxy) is 2. The molecule has 0 fully saturated rings. The first-order valence-electron chi connectivity index (χ1n) is 9.75. The predicted molar refractivity (Wildman–Crippen MR) is 134 cm³/mol. The Morgan fingerprint density at radius 1 is 1.18 bits per heavy atom. The third-order valence-electron chi connectivity index (χ3n) is 5.48. The molecule has 0 radical (unpaired) electrons. The number of halogens is 4. The van der Waals surface area contributed by atoms with Crippen LogP contribution in [-0.2, 0) is 11.3 Å². The van der Waals surface area contributed by atoms with E-state index in [0.29, 0.717) is 35.5 Å². The molecule has 0 saturated carbocycles. The molecule has 3 aromatic rings. The number of benzene rings is 3. The summed E-state index contributed by atoms with van der Waals surface area (Å²) in [6, 6.07) is 12.4. The summed E-state index contributed by atoms with van der Waals surface area (Å²) in [5, 5.41) is 0.334. The van der Waals surface area contributed by atoms with E-state index in [1.165, 1.54) is 25.3 Å². The second-order valence-corrected chi connectivity index (χ2v) is 9.69. The van der Waals surface area contributed by atoms with Crippen LogP contribution in [0, 0.1) is 9.39 Å². The van der Waals surface area contributed by atoms with E-state index in [1.54, 1.807) is 18.1 Å². The molecule has 0 N–H and O–H groups in total. The van der Waals surface area contributed by atoms with Crippen molar-refractivity contribution >= 4 is 62.0 Å². The van der Waals surface area contributed by atoms with Gasteiger partial charge in [0.05, 0.1) is 31.4 Å². The molecule has 4 rings (SSSR count). The van der Waals surface area contributed by atoms with Gasteiger partial charge in [0.2, 0.25) is 0 Å². The minimum Gasteiger partial charge on any atom is -0.497 e. The van der Waals surface area contributed by atoms with E-state index < -0.39 is 17.8 Å². The van der Waals surface area contributed by atoms with Crippen molar-refractivity contribution in [3.05, 3.63) is 95.2 Å². The highest BCUT2D eigenvalue weighted by molar-refractivity contribution is 14.1. The Hall–Kier alpha value is -2.17. The van der Waals surface area contributed by atoms with E-state index in [9.17, 15) is 14.0 Å². The van der Waals surface area contributed by atoms with Gasteiger partial charge in [-0.25, -0.2) is 9.18 Å². The maximum atomic E-state index is 14.3. The summed E-state index contributed by atoms with van der Waals surface area (Å²) < 4.78 is 25.4. The molecule has 1 heterocycles. The molecule has 9 heteroatoms. The van der Waals surface area contributed by atoms with Crippen LogP contribution < -0.4 is 4.74 Å². The highest BCUT2D eigenvalue weighted by Gasteiger charge is 2.43. The molecule has 0 aromatic heterocycles. The molecule has 170 valence electrons. The minimum atomic E-state index is -0.660. The number of amides is 1. The number of fused-ring (bicyclic) bond motifs is 1. The van der Waals surface area contributed by atoms with Crippen molar-refractivity contribution in [2.75, 3.05) is 14.2 Å². The van der Waals surface area contributed by atoms with Gasteiger partial charge in [-0.05, 0) is 64.6 Å². The Bertz CT molecular complexity index is 1270. The molecule has 5 nitrogen and oxygen atoms in total. The van der Waals surface area contributed by atoms with Crippen LogP contribution in [0.5, 0.6) is 5.75 Å². The second-order valence-electron chi connectivity index (χ2n) is 7.35. The predicted octanol–water partition coefficient (Wildman–Crippen LogP) is 6.39. The lowest BCUT2D eigenvalue weighted by Crippen LogP contribution is -2.28. The van der Waals surface area contributed by atoms with Gasteiger partial charge in [-0.2, -0.15) is 0 Å². The summed E-state index contributed by atoms with van der Waals surface area (Å²) in [6.45, 7) is 0.241. The molecule has 1 amide bonds. The quantitative estimate of drug-likeness (QED) is 0.239. The molecule has 0 aliphatic carbocycles. The number of methoxy groups -OCH3 is 2. The normalized spacial score (nSPS) is 14.9. The fourth-order valence-corrected chi connectivity index (χ4v) is 5.69. The lowest BCUT2D eigenvalue weighted by molar-refractivity contribution is 0.0599. The zero-order chi connectivity index (χ0) is 23.9. The van der Waals surface area contributed by atoms with Gasteiger partial charge in [0.1, 0.15) is 11.6 Å². The Morgan fingerprint density at radius 2 is 1.88 bits per heavy atom. The van der Waals surface area contributed by atoms with E-state index >= 15 is 0 Å². The Balaban J connectivity index is 1.91. The zero-order valence-electron chi connectivity index (χ0n) is 17.5. The van der Waals surface area contributed by atoms with Crippen molar-refractivity contribution in [1.29, 1.82) is 0 Å². The number of carbonyl (C=O) groups excluding carboxylic acids is 2. The average molecular weight is 645 g/mol. The molecule has 1 aliphatic heterocycles. The highest BCUT2D eigenvalue weighted by atomic mass is 127. The molecule has 0 bridgehead atoms. The molecule has 33 heavy (non-hydrogen) atoms. The topological polar surface area (TPSA) is 55.8 Å². The van der Waals surface area contributed by atoms with Crippen LogP contribution in [0.3, 0.4) is 0 Å². The number of hydrogen-bond donors (Lipinski definition) is 0. The van der Waals surface area contributed by atoms with Crippen molar-refractivity contribution in [2.24, 2.45) is 0 Å². The number of esters is 1. The van der Waals surface area contributed by atoms with Gasteiger partial charge < -0.3 is 14.4 Å². The van der Waals surface area contributed by atoms with Crippen molar-refractivity contribution in [1.82, 2.24) is 4.90 Å². The van der Waals surface area contributed by atoms with E-state index in [2.05, 4.69) is 15.9 Å². The standard InChI is InChI=1S/C24H17BrClFINO4/c1-32-14-6-3-12(4-7-14)11-29-22(15-9-13(27)5-8-18(15)26)19-17(25)10-16(24(31)33-2)21(28)20(19)23(29)30/h3-10,22H,11H2,1-2H3. The first kappa shape index (κ1) is 24.0. The molecule has 3 aromatic carbocycles. The number of nitrogens with zero attached hydrogens (tertiary/aromatic N) is 1. The van der Waals surface area contributed by atoms with Gasteiger partial charge in [0.25, 0.3) is 5.91 Å². The molecule has 0 spiro atoms. The van der Waals surface area contributed by atoms with Crippen LogP contribution in [0.25, 0.3) is 0 Å². The van der Waals surface area contributed by atoms with E-state index in [4.69, 9.17) is 21.1 Å². The van der Waals surface area contributed by atoms with E-state index in [-0.39, 0.29) is 18.0 Å². The van der Waals surface area contributed by atoms with Crippen molar-refractivity contribution in [3.8, 4) is 5.75 Å². The third kappa shape index (κ3) is 4.36. The summed E-state index contributed by atoms with van der Waals surface area (Å²) in [7, 11) is 2.86. The van der Waals surface area contributed by atoms with Crippen LogP contribution in [-0.4, -0.2) is 31.0 Å². The SMILES string of the molecule is COC(=O)c1cc(Br)c2c(c1I)C(=O)N(Cc1ccc(OC)cc1)C2c1cc(F)ccc1Cl. The van der Waals surface area contributed by atoms with Gasteiger partial charge in [0.15, 0.2) is 0 Å². The lowest BCUT2D eigenvalue weighted by atomic mass is 9.96. The van der Waals surface area contributed by atoms with Crippen LogP contribution in [0.2, 0.25) is 5.02 Å². The van der Waals surface area contributed by atoms with Crippen molar-refractivity contribution in [3.63, 3.8) is 0 Å². The largest absolute Gasteiger partial charge is 0.497 e. The highest BCUT2D eigenvalue weighted by Crippen LogP contribution is 2.47. The maximum absolute atomic E-state index is 14.3. The lowest BCUT2D eigenvalue weighted by Gasteiger charge is -2.27. The first-order chi connectivity index (χ1) is 15.8. The van der Waals surface area contributed by atoms with Gasteiger partial charge in [-0.15, -0.1) is 0 Å². The van der Waals surface area contributed by atoms with Gasteiger partial charge in [0, 0.05) is 30.7 Å². The fourth-order valence-electron chi connectivity index (χ4n) is 3.93. The van der Waals surface area contributed by atoms with Crippen LogP contribution in [0.4, 0.5) is 4.39 Å². The van der Waals surface area contributed by atoms with E-state index in [1.807, 2.05) is 46.9 Å². The van der Waals surface area contributed by atoms with Gasteiger partial charge in [-0.1, -0.05) is 39.7 Å². The van der Waals surface area contributed by atoms with Crippen molar-refractivity contribution in [2.45, 2.75) is 12.6 Å². The number of rotatable bonds is 5. The van der Waals surface area contributed by atoms with Gasteiger partial charge in [-0.3, -0.25) is 4.79 Å². The molecule has 0 saturated heterocycles. The average Bonchev–Trinajstić information content (AvgIpc) is 3.10. The maximum Gasteiger partial charge on any atom is 0.338 e. The van der Waals surface area contributed by atoms with E-state index in [0.717, 1.165) is 5.56 Å². The molecular formula is C24H17BrClFINO4. The minimum absolute atomic E-state index is 0.241. The zero-order valence-corrected chi connectivity index (χ0v) is 22.0. The van der Waals surface area contributed by atoms with Crippen LogP contribution in [0.1, 0.15) is 43.4 Å². The summed E-state index contributed by atoms with van der Waals surface area (Å²) in [5.74, 6) is -0.608. The van der Waals surface area contributed by atoms with Crippen molar-refractivity contribution < 1.29 is 23.5 Å². The summed E-state index contributed by atoms with van der Waals surface area (Å²) in [4.78, 5) is 27.7. The molecule has 1 aliphatic rings. The summed E-state index contributed by atoms with van der Waals surface area (Å²) >= 11 is 12.0. The second kappa shape index (κ2) is 9.60. The monoisotopic (exact) mass is 643 g/mol. The fraction of sp³-hybridized carbons (Fsp3) is 0.167.